The van der Waals surface area contributed by atoms with Gasteiger partial charge in [-0.1, -0.05) is 28.1 Å². The van der Waals surface area contributed by atoms with E-state index in [-0.39, 0.29) is 5.75 Å². The van der Waals surface area contributed by atoms with Crippen LogP contribution in [0.3, 0.4) is 0 Å². The molecule has 0 radical (unpaired) electrons. The number of nitriles is 1. The summed E-state index contributed by atoms with van der Waals surface area (Å²) in [6, 6.07) is 14.2. The molecule has 3 aromatic rings. The fraction of sp³-hybridized carbons (Fsp3) is 0.0588. The molecule has 0 aliphatic carbocycles. The average Bonchev–Trinajstić information content (AvgIpc) is 2.98. The van der Waals surface area contributed by atoms with Crippen molar-refractivity contribution in [2.45, 2.75) is 6.61 Å². The first kappa shape index (κ1) is 16.6. The Morgan fingerprint density at radius 2 is 2.08 bits per heavy atom. The lowest BCUT2D eigenvalue weighted by Gasteiger charge is -2.06. The third-order valence-electron chi connectivity index (χ3n) is 3.14. The van der Waals surface area contributed by atoms with E-state index in [0.717, 1.165) is 10.2 Å². The smallest absolute Gasteiger partial charge is 0.387 e. The van der Waals surface area contributed by atoms with Gasteiger partial charge in [0.15, 0.2) is 0 Å². The summed E-state index contributed by atoms with van der Waals surface area (Å²) in [6.45, 7) is -2.90. The second-order valence-corrected chi connectivity index (χ2v) is 6.60. The van der Waals surface area contributed by atoms with Gasteiger partial charge in [0.05, 0.1) is 15.8 Å². The monoisotopic (exact) mass is 406 g/mol. The Morgan fingerprint density at radius 3 is 2.79 bits per heavy atom. The maximum absolute atomic E-state index is 12.4. The number of aromatic nitrogens is 1. The zero-order chi connectivity index (χ0) is 17.1. The lowest BCUT2D eigenvalue weighted by Crippen LogP contribution is -2.01. The number of ether oxygens (including phenoxy) is 1. The molecular weight excluding hydrogens is 398 g/mol. The Hall–Kier alpha value is -2.30. The first-order chi connectivity index (χ1) is 11.6. The van der Waals surface area contributed by atoms with E-state index in [1.54, 1.807) is 12.1 Å². The molecule has 0 unspecified atom stereocenters. The zero-order valence-electron chi connectivity index (χ0n) is 12.0. The molecule has 0 N–H and O–H groups in total. The predicted octanol–water partition coefficient (Wildman–Crippen LogP) is 5.72. The molecule has 120 valence electrons. The van der Waals surface area contributed by atoms with Gasteiger partial charge in [0, 0.05) is 4.47 Å². The molecule has 0 aliphatic heterocycles. The van der Waals surface area contributed by atoms with Gasteiger partial charge < -0.3 is 4.74 Å². The Bertz CT molecular complexity index is 930. The molecule has 0 spiro atoms. The number of hydrogen-bond acceptors (Lipinski definition) is 4. The van der Waals surface area contributed by atoms with E-state index < -0.39 is 6.61 Å². The molecule has 0 saturated heterocycles. The van der Waals surface area contributed by atoms with Crippen LogP contribution in [0.2, 0.25) is 0 Å². The number of benzene rings is 2. The van der Waals surface area contributed by atoms with Crippen LogP contribution in [-0.4, -0.2) is 11.6 Å². The number of alkyl halides is 2. The third-order valence-corrected chi connectivity index (χ3v) is 4.93. The average molecular weight is 407 g/mol. The number of para-hydroxylation sites is 1. The number of nitrogens with zero attached hydrogens (tertiary/aromatic N) is 2. The van der Waals surface area contributed by atoms with Crippen molar-refractivity contribution in [1.29, 1.82) is 5.26 Å². The molecule has 0 fully saturated rings. The summed E-state index contributed by atoms with van der Waals surface area (Å²) in [5.74, 6) is 0.0287. The molecule has 3 rings (SSSR count). The molecule has 7 heteroatoms. The summed E-state index contributed by atoms with van der Waals surface area (Å²) in [6.07, 6.45) is 1.60. The van der Waals surface area contributed by atoms with E-state index in [2.05, 4.69) is 31.7 Å². The molecule has 0 bridgehead atoms. The fourth-order valence-electron chi connectivity index (χ4n) is 2.09. The number of thiazole rings is 1. The molecule has 0 saturated carbocycles. The van der Waals surface area contributed by atoms with Crippen LogP contribution in [0.1, 0.15) is 10.6 Å². The van der Waals surface area contributed by atoms with E-state index in [1.807, 2.05) is 24.3 Å². The third kappa shape index (κ3) is 3.61. The van der Waals surface area contributed by atoms with Crippen molar-refractivity contribution in [2.75, 3.05) is 0 Å². The Balaban J connectivity index is 2.03. The lowest BCUT2D eigenvalue weighted by molar-refractivity contribution is -0.0498. The van der Waals surface area contributed by atoms with Crippen LogP contribution in [0.25, 0.3) is 21.9 Å². The molecule has 1 aromatic heterocycles. The SMILES string of the molecule is N#CC(=Cc1cc(OC(F)F)ccc1Br)c1nc2ccccc2s1. The minimum atomic E-state index is -2.90. The van der Waals surface area contributed by atoms with E-state index in [1.165, 1.54) is 23.5 Å². The van der Waals surface area contributed by atoms with Gasteiger partial charge in [-0.05, 0) is 42.0 Å². The van der Waals surface area contributed by atoms with Crippen LogP contribution in [0.15, 0.2) is 46.9 Å². The quantitative estimate of drug-likeness (QED) is 0.520. The maximum Gasteiger partial charge on any atom is 0.387 e. The van der Waals surface area contributed by atoms with Gasteiger partial charge in [0.2, 0.25) is 0 Å². The molecule has 2 aromatic carbocycles. The predicted molar refractivity (Wildman–Crippen MR) is 93.9 cm³/mol. The summed E-state index contributed by atoms with van der Waals surface area (Å²) >= 11 is 4.75. The molecular formula is C17H9BrF2N2OS. The van der Waals surface area contributed by atoms with E-state index in [9.17, 15) is 14.0 Å². The van der Waals surface area contributed by atoms with Crippen LogP contribution in [-0.2, 0) is 0 Å². The van der Waals surface area contributed by atoms with Crippen molar-refractivity contribution in [3.05, 3.63) is 57.5 Å². The van der Waals surface area contributed by atoms with Crippen molar-refractivity contribution in [1.82, 2.24) is 4.98 Å². The van der Waals surface area contributed by atoms with Crippen LogP contribution >= 0.6 is 27.3 Å². The van der Waals surface area contributed by atoms with Gasteiger partial charge in [-0.25, -0.2) is 4.98 Å². The highest BCUT2D eigenvalue weighted by atomic mass is 79.9. The Morgan fingerprint density at radius 1 is 1.29 bits per heavy atom. The summed E-state index contributed by atoms with van der Waals surface area (Å²) in [5, 5.41) is 10.0. The number of rotatable bonds is 4. The van der Waals surface area contributed by atoms with Gasteiger partial charge in [-0.3, -0.25) is 0 Å². The normalized spacial score (nSPS) is 11.7. The second-order valence-electron chi connectivity index (χ2n) is 4.72. The van der Waals surface area contributed by atoms with E-state index >= 15 is 0 Å². The van der Waals surface area contributed by atoms with Gasteiger partial charge in [-0.2, -0.15) is 14.0 Å². The van der Waals surface area contributed by atoms with Crippen molar-refractivity contribution in [2.24, 2.45) is 0 Å². The zero-order valence-corrected chi connectivity index (χ0v) is 14.4. The maximum atomic E-state index is 12.4. The second kappa shape index (κ2) is 7.07. The standard InChI is InChI=1S/C17H9BrF2N2OS/c18-13-6-5-12(23-17(19)20)8-10(13)7-11(9-21)16-22-14-3-1-2-4-15(14)24-16/h1-8,17H. The van der Waals surface area contributed by atoms with Crippen molar-refractivity contribution >= 4 is 49.1 Å². The topological polar surface area (TPSA) is 45.9 Å². The van der Waals surface area contributed by atoms with Crippen molar-refractivity contribution in [3.8, 4) is 11.8 Å². The molecule has 0 atom stereocenters. The minimum Gasteiger partial charge on any atom is -0.435 e. The molecule has 0 aliphatic rings. The number of hydrogen-bond donors (Lipinski definition) is 0. The minimum absolute atomic E-state index is 0.0287. The number of allylic oxidation sites excluding steroid dienone is 1. The summed E-state index contributed by atoms with van der Waals surface area (Å²) in [5.41, 5.74) is 1.72. The first-order valence-corrected chi connectivity index (χ1v) is 8.40. The van der Waals surface area contributed by atoms with Crippen LogP contribution in [0, 0.1) is 11.3 Å². The van der Waals surface area contributed by atoms with E-state index in [4.69, 9.17) is 0 Å². The Labute approximate surface area is 149 Å². The van der Waals surface area contributed by atoms with Crippen molar-refractivity contribution < 1.29 is 13.5 Å². The molecule has 0 amide bonds. The highest BCUT2D eigenvalue weighted by Gasteiger charge is 2.11. The van der Waals surface area contributed by atoms with E-state index in [0.29, 0.717) is 20.6 Å². The number of fused-ring (bicyclic) bond motifs is 1. The summed E-state index contributed by atoms with van der Waals surface area (Å²) in [4.78, 5) is 4.44. The molecule has 1 heterocycles. The van der Waals surface area contributed by atoms with Crippen molar-refractivity contribution in [3.63, 3.8) is 0 Å². The Kier molecular flexibility index (Phi) is 4.88. The van der Waals surface area contributed by atoms with Crippen LogP contribution < -0.4 is 4.74 Å². The number of halogens is 3. The highest BCUT2D eigenvalue weighted by molar-refractivity contribution is 9.10. The van der Waals surface area contributed by atoms with Gasteiger partial charge in [-0.15, -0.1) is 11.3 Å². The van der Waals surface area contributed by atoms with Crippen LogP contribution in [0.5, 0.6) is 5.75 Å². The highest BCUT2D eigenvalue weighted by Crippen LogP contribution is 2.31. The lowest BCUT2D eigenvalue weighted by atomic mass is 10.1. The largest absolute Gasteiger partial charge is 0.435 e. The summed E-state index contributed by atoms with van der Waals surface area (Å²) in [7, 11) is 0. The van der Waals surface area contributed by atoms with Crippen LogP contribution in [0.4, 0.5) is 8.78 Å². The first-order valence-electron chi connectivity index (χ1n) is 6.79. The fourth-order valence-corrected chi connectivity index (χ4v) is 3.39. The molecule has 3 nitrogen and oxygen atoms in total. The van der Waals surface area contributed by atoms with Gasteiger partial charge in [0.25, 0.3) is 0 Å². The van der Waals surface area contributed by atoms with Gasteiger partial charge in [0.1, 0.15) is 16.8 Å². The van der Waals surface area contributed by atoms with Gasteiger partial charge >= 0.3 is 6.61 Å². The summed E-state index contributed by atoms with van der Waals surface area (Å²) < 4.78 is 30.7. The molecule has 24 heavy (non-hydrogen) atoms.